The molecule has 0 radical (unpaired) electrons. The summed E-state index contributed by atoms with van der Waals surface area (Å²) in [4.78, 5) is 22.7. The maximum Gasteiger partial charge on any atom is 0.315 e. The van der Waals surface area contributed by atoms with Crippen LogP contribution in [0.4, 0.5) is 4.79 Å². The van der Waals surface area contributed by atoms with Crippen LogP contribution >= 0.6 is 0 Å². The van der Waals surface area contributed by atoms with Crippen molar-refractivity contribution < 1.29 is 14.7 Å². The molecule has 0 heterocycles. The third-order valence-electron chi connectivity index (χ3n) is 4.57. The number of urea groups is 1. The van der Waals surface area contributed by atoms with Gasteiger partial charge in [-0.25, -0.2) is 4.79 Å². The van der Waals surface area contributed by atoms with Crippen molar-refractivity contribution in [1.82, 2.24) is 10.6 Å². The topological polar surface area (TPSA) is 78.4 Å². The number of hydrogen-bond donors (Lipinski definition) is 3. The molecule has 2 amide bonds. The molecule has 4 atom stereocenters. The lowest BCUT2D eigenvalue weighted by Gasteiger charge is -2.26. The van der Waals surface area contributed by atoms with Gasteiger partial charge < -0.3 is 15.7 Å². The van der Waals surface area contributed by atoms with Crippen molar-refractivity contribution in [3.05, 3.63) is 0 Å². The maximum absolute atomic E-state index is 12.0. The summed E-state index contributed by atoms with van der Waals surface area (Å²) in [5, 5.41) is 14.7. The Morgan fingerprint density at radius 1 is 1.26 bits per heavy atom. The molecule has 2 bridgehead atoms. The summed E-state index contributed by atoms with van der Waals surface area (Å²) in [6.07, 6.45) is 4.83. The second kappa shape index (κ2) is 5.80. The van der Waals surface area contributed by atoms with Crippen LogP contribution in [0.5, 0.6) is 0 Å². The van der Waals surface area contributed by atoms with Gasteiger partial charge in [0, 0.05) is 12.1 Å². The number of fused-ring (bicyclic) bond motifs is 2. The van der Waals surface area contributed by atoms with Crippen LogP contribution < -0.4 is 10.6 Å². The Kier molecular flexibility index (Phi) is 4.32. The molecule has 0 aromatic rings. The molecule has 19 heavy (non-hydrogen) atoms. The Morgan fingerprint density at radius 2 is 2.00 bits per heavy atom. The van der Waals surface area contributed by atoms with Crippen LogP contribution in [0, 0.1) is 17.8 Å². The number of carboxylic acids is 1. The van der Waals surface area contributed by atoms with Gasteiger partial charge in [-0.1, -0.05) is 20.3 Å². The van der Waals surface area contributed by atoms with E-state index in [1.54, 1.807) is 0 Å². The zero-order valence-electron chi connectivity index (χ0n) is 11.7. The highest BCUT2D eigenvalue weighted by molar-refractivity contribution is 5.76. The van der Waals surface area contributed by atoms with E-state index in [1.165, 1.54) is 19.3 Å². The second-order valence-corrected chi connectivity index (χ2v) is 6.35. The van der Waals surface area contributed by atoms with E-state index in [0.717, 1.165) is 12.3 Å². The normalized spacial score (nSPS) is 30.4. The molecule has 0 aliphatic heterocycles. The minimum Gasteiger partial charge on any atom is -0.481 e. The summed E-state index contributed by atoms with van der Waals surface area (Å²) in [5.74, 6) is 0.656. The van der Waals surface area contributed by atoms with Crippen molar-refractivity contribution in [2.45, 2.75) is 58.0 Å². The molecule has 0 aromatic carbocycles. The number of hydrogen-bond acceptors (Lipinski definition) is 2. The number of carbonyl (C=O) groups excluding carboxylic acids is 1. The SMILES string of the molecule is CC(C)C(CC(=O)O)NC(=O)NC1CC2CCC1C2. The van der Waals surface area contributed by atoms with Crippen molar-refractivity contribution in [2.24, 2.45) is 17.8 Å². The van der Waals surface area contributed by atoms with Crippen molar-refractivity contribution >= 4 is 12.0 Å². The molecular formula is C14H24N2O3. The van der Waals surface area contributed by atoms with E-state index in [0.29, 0.717) is 5.92 Å². The summed E-state index contributed by atoms with van der Waals surface area (Å²) < 4.78 is 0. The quantitative estimate of drug-likeness (QED) is 0.713. The number of carbonyl (C=O) groups is 2. The third-order valence-corrected chi connectivity index (χ3v) is 4.57. The Labute approximate surface area is 114 Å². The molecule has 4 unspecified atom stereocenters. The van der Waals surface area contributed by atoms with E-state index in [-0.39, 0.29) is 30.5 Å². The van der Waals surface area contributed by atoms with E-state index in [2.05, 4.69) is 10.6 Å². The van der Waals surface area contributed by atoms with E-state index in [4.69, 9.17) is 5.11 Å². The van der Waals surface area contributed by atoms with Crippen LogP contribution in [-0.4, -0.2) is 29.2 Å². The van der Waals surface area contributed by atoms with Crippen molar-refractivity contribution in [3.63, 3.8) is 0 Å². The first-order valence-corrected chi connectivity index (χ1v) is 7.24. The van der Waals surface area contributed by atoms with Gasteiger partial charge >= 0.3 is 12.0 Å². The Morgan fingerprint density at radius 3 is 2.47 bits per heavy atom. The first kappa shape index (κ1) is 14.2. The summed E-state index contributed by atoms with van der Waals surface area (Å²) in [6, 6.07) is -0.231. The maximum atomic E-state index is 12.0. The van der Waals surface area contributed by atoms with Crippen LogP contribution in [0.15, 0.2) is 0 Å². The van der Waals surface area contributed by atoms with Crippen LogP contribution in [0.25, 0.3) is 0 Å². The van der Waals surface area contributed by atoms with Gasteiger partial charge in [-0.15, -0.1) is 0 Å². The van der Waals surface area contributed by atoms with Gasteiger partial charge in [-0.2, -0.15) is 0 Å². The summed E-state index contributed by atoms with van der Waals surface area (Å²) in [7, 11) is 0. The van der Waals surface area contributed by atoms with Crippen molar-refractivity contribution in [2.75, 3.05) is 0 Å². The fourth-order valence-electron chi connectivity index (χ4n) is 3.44. The van der Waals surface area contributed by atoms with Gasteiger partial charge in [0.2, 0.25) is 0 Å². The molecule has 2 fully saturated rings. The fourth-order valence-corrected chi connectivity index (χ4v) is 3.44. The lowest BCUT2D eigenvalue weighted by Crippen LogP contribution is -2.49. The summed E-state index contributed by atoms with van der Waals surface area (Å²) in [6.45, 7) is 3.84. The van der Waals surface area contributed by atoms with Crippen LogP contribution in [0.2, 0.25) is 0 Å². The van der Waals surface area contributed by atoms with Crippen LogP contribution in [0.3, 0.4) is 0 Å². The average Bonchev–Trinajstić information content (AvgIpc) is 2.89. The molecule has 108 valence electrons. The molecule has 2 rings (SSSR count). The highest BCUT2D eigenvalue weighted by Crippen LogP contribution is 2.44. The average molecular weight is 268 g/mol. The van der Waals surface area contributed by atoms with E-state index < -0.39 is 5.97 Å². The highest BCUT2D eigenvalue weighted by atomic mass is 16.4. The first-order valence-electron chi connectivity index (χ1n) is 7.24. The van der Waals surface area contributed by atoms with Gasteiger partial charge in [0.05, 0.1) is 6.42 Å². The number of carboxylic acid groups (broad SMARTS) is 1. The van der Waals surface area contributed by atoms with E-state index in [1.807, 2.05) is 13.8 Å². The van der Waals surface area contributed by atoms with Crippen LogP contribution in [-0.2, 0) is 4.79 Å². The highest BCUT2D eigenvalue weighted by Gasteiger charge is 2.40. The lowest BCUT2D eigenvalue weighted by atomic mass is 9.95. The smallest absolute Gasteiger partial charge is 0.315 e. The van der Waals surface area contributed by atoms with Gasteiger partial charge in [0.15, 0.2) is 0 Å². The second-order valence-electron chi connectivity index (χ2n) is 6.35. The number of amides is 2. The number of rotatable bonds is 5. The lowest BCUT2D eigenvalue weighted by molar-refractivity contribution is -0.137. The zero-order chi connectivity index (χ0) is 14.0. The van der Waals surface area contributed by atoms with Crippen LogP contribution in [0.1, 0.15) is 46.0 Å². The van der Waals surface area contributed by atoms with Gasteiger partial charge in [-0.05, 0) is 37.0 Å². The van der Waals surface area contributed by atoms with Gasteiger partial charge in [0.1, 0.15) is 0 Å². The largest absolute Gasteiger partial charge is 0.481 e. The first-order chi connectivity index (χ1) is 8.95. The summed E-state index contributed by atoms with van der Waals surface area (Å²) >= 11 is 0. The minimum absolute atomic E-state index is 0.0260. The molecule has 5 nitrogen and oxygen atoms in total. The molecule has 5 heteroatoms. The molecule has 2 aliphatic carbocycles. The van der Waals surface area contributed by atoms with Crippen molar-refractivity contribution in [3.8, 4) is 0 Å². The van der Waals surface area contributed by atoms with E-state index >= 15 is 0 Å². The zero-order valence-corrected chi connectivity index (χ0v) is 11.7. The molecule has 2 aliphatic rings. The van der Waals surface area contributed by atoms with Gasteiger partial charge in [-0.3, -0.25) is 4.79 Å². The van der Waals surface area contributed by atoms with E-state index in [9.17, 15) is 9.59 Å². The molecule has 0 saturated heterocycles. The Hall–Kier alpha value is -1.26. The fraction of sp³-hybridized carbons (Fsp3) is 0.857. The molecule has 2 saturated carbocycles. The Bertz CT molecular complexity index is 357. The molecular weight excluding hydrogens is 244 g/mol. The summed E-state index contributed by atoms with van der Waals surface area (Å²) in [5.41, 5.74) is 0. The number of aliphatic carboxylic acids is 1. The third kappa shape index (κ3) is 3.61. The Balaban J connectivity index is 1.80. The molecule has 0 aromatic heterocycles. The molecule has 0 spiro atoms. The number of nitrogens with one attached hydrogen (secondary N) is 2. The van der Waals surface area contributed by atoms with Gasteiger partial charge in [0.25, 0.3) is 0 Å². The predicted molar refractivity (Wildman–Crippen MR) is 71.8 cm³/mol. The molecule has 3 N–H and O–H groups in total. The predicted octanol–water partition coefficient (Wildman–Crippen LogP) is 1.97. The van der Waals surface area contributed by atoms with Crippen molar-refractivity contribution in [1.29, 1.82) is 0 Å². The monoisotopic (exact) mass is 268 g/mol. The minimum atomic E-state index is -0.876. The standard InChI is InChI=1S/C14H24N2O3/c1-8(2)11(7-13(17)18)15-14(19)16-12-6-9-3-4-10(12)5-9/h8-12H,3-7H2,1-2H3,(H,17,18)(H2,15,16,19).